The molecule has 1 heterocycles. The fraction of sp³-hybridized carbons (Fsp3) is 0.130. The quantitative estimate of drug-likeness (QED) is 0.526. The lowest BCUT2D eigenvalue weighted by Gasteiger charge is -2.07. The first-order valence-corrected chi connectivity index (χ1v) is 9.17. The lowest BCUT2D eigenvalue weighted by atomic mass is 10.0. The van der Waals surface area contributed by atoms with Gasteiger partial charge in [0, 0.05) is 28.6 Å². The van der Waals surface area contributed by atoms with E-state index in [0.717, 1.165) is 51.3 Å². The SMILES string of the molecule is O=C(Nc1ccc2ccccc2c1)c1[nH]c2cccc3c2c1CCCC3=O. The van der Waals surface area contributed by atoms with Gasteiger partial charge < -0.3 is 10.3 Å². The second-order valence-corrected chi connectivity index (χ2v) is 7.00. The molecule has 4 heteroatoms. The molecule has 4 nitrogen and oxygen atoms in total. The smallest absolute Gasteiger partial charge is 0.272 e. The molecule has 1 amide bonds. The minimum Gasteiger partial charge on any atom is -0.350 e. The number of carbonyl (C=O) groups is 2. The molecule has 27 heavy (non-hydrogen) atoms. The average molecular weight is 354 g/mol. The molecule has 1 aromatic heterocycles. The Labute approximate surface area is 156 Å². The highest BCUT2D eigenvalue weighted by molar-refractivity contribution is 6.14. The first-order valence-electron chi connectivity index (χ1n) is 9.17. The van der Waals surface area contributed by atoms with Gasteiger partial charge in [0.05, 0.1) is 0 Å². The molecule has 0 unspecified atom stereocenters. The molecule has 0 aliphatic heterocycles. The average Bonchev–Trinajstić information content (AvgIpc) is 2.97. The van der Waals surface area contributed by atoms with Crippen molar-refractivity contribution in [2.75, 3.05) is 5.32 Å². The van der Waals surface area contributed by atoms with Crippen molar-refractivity contribution in [2.24, 2.45) is 0 Å². The van der Waals surface area contributed by atoms with E-state index in [0.29, 0.717) is 12.1 Å². The minimum atomic E-state index is -0.170. The van der Waals surface area contributed by atoms with Crippen molar-refractivity contribution in [1.29, 1.82) is 0 Å². The molecule has 1 aliphatic carbocycles. The van der Waals surface area contributed by atoms with Crippen LogP contribution in [0, 0.1) is 0 Å². The standard InChI is InChI=1S/C23H18N2O2/c26-20-10-4-8-18-21-17(20)7-3-9-19(21)25-22(18)23(27)24-16-12-11-14-5-1-2-6-15(14)13-16/h1-3,5-7,9,11-13,25H,4,8,10H2,(H,24,27). The van der Waals surface area contributed by atoms with Crippen LogP contribution in [0.3, 0.4) is 0 Å². The Bertz CT molecular complexity index is 1220. The fourth-order valence-corrected chi connectivity index (χ4v) is 4.01. The number of hydrogen-bond donors (Lipinski definition) is 2. The zero-order chi connectivity index (χ0) is 18.4. The number of amides is 1. The number of benzene rings is 3. The number of aryl methyl sites for hydroxylation is 1. The highest BCUT2D eigenvalue weighted by atomic mass is 16.2. The lowest BCUT2D eigenvalue weighted by Crippen LogP contribution is -2.14. The van der Waals surface area contributed by atoms with Crippen molar-refractivity contribution in [3.8, 4) is 0 Å². The molecule has 2 N–H and O–H groups in total. The molecule has 4 aromatic rings. The maximum absolute atomic E-state index is 13.0. The summed E-state index contributed by atoms with van der Waals surface area (Å²) < 4.78 is 0. The Morgan fingerprint density at radius 2 is 1.78 bits per heavy atom. The summed E-state index contributed by atoms with van der Waals surface area (Å²) >= 11 is 0. The van der Waals surface area contributed by atoms with Crippen LogP contribution < -0.4 is 5.32 Å². The largest absolute Gasteiger partial charge is 0.350 e. The van der Waals surface area contributed by atoms with Crippen LogP contribution in [0.25, 0.3) is 21.7 Å². The number of fused-ring (bicyclic) bond motifs is 1. The monoisotopic (exact) mass is 354 g/mol. The van der Waals surface area contributed by atoms with Gasteiger partial charge in [-0.1, -0.05) is 42.5 Å². The summed E-state index contributed by atoms with van der Waals surface area (Å²) in [4.78, 5) is 28.6. The predicted molar refractivity (Wildman–Crippen MR) is 107 cm³/mol. The maximum atomic E-state index is 13.0. The molecule has 0 saturated carbocycles. The van der Waals surface area contributed by atoms with Gasteiger partial charge in [-0.3, -0.25) is 9.59 Å². The van der Waals surface area contributed by atoms with E-state index in [4.69, 9.17) is 0 Å². The number of aromatic nitrogens is 1. The van der Waals surface area contributed by atoms with Crippen molar-refractivity contribution < 1.29 is 9.59 Å². The summed E-state index contributed by atoms with van der Waals surface area (Å²) in [5.74, 6) is -0.0170. The third-order valence-corrected chi connectivity index (χ3v) is 5.29. The van der Waals surface area contributed by atoms with Crippen molar-refractivity contribution >= 4 is 39.1 Å². The van der Waals surface area contributed by atoms with Gasteiger partial charge in [0.15, 0.2) is 5.78 Å². The van der Waals surface area contributed by atoms with E-state index in [-0.39, 0.29) is 11.7 Å². The van der Waals surface area contributed by atoms with Gasteiger partial charge in [0.1, 0.15) is 5.69 Å². The van der Waals surface area contributed by atoms with E-state index < -0.39 is 0 Å². The van der Waals surface area contributed by atoms with Crippen LogP contribution in [0.4, 0.5) is 5.69 Å². The normalized spacial score (nSPS) is 13.7. The van der Waals surface area contributed by atoms with Crippen molar-refractivity contribution in [1.82, 2.24) is 4.98 Å². The topological polar surface area (TPSA) is 62.0 Å². The summed E-state index contributed by atoms with van der Waals surface area (Å²) in [5, 5.41) is 6.13. The first kappa shape index (κ1) is 15.8. The third-order valence-electron chi connectivity index (χ3n) is 5.29. The number of Topliss-reactive ketones (excluding diaryl/α,β-unsaturated/α-hetero) is 1. The molecule has 0 radical (unpaired) electrons. The second kappa shape index (κ2) is 6.09. The van der Waals surface area contributed by atoms with Gasteiger partial charge in [-0.25, -0.2) is 0 Å². The molecule has 0 bridgehead atoms. The summed E-state index contributed by atoms with van der Waals surface area (Å²) in [6, 6.07) is 19.6. The molecule has 0 spiro atoms. The highest BCUT2D eigenvalue weighted by Gasteiger charge is 2.24. The van der Waals surface area contributed by atoms with Crippen LogP contribution >= 0.6 is 0 Å². The maximum Gasteiger partial charge on any atom is 0.272 e. The summed E-state index contributed by atoms with van der Waals surface area (Å²) in [7, 11) is 0. The third kappa shape index (κ3) is 2.61. The number of aromatic amines is 1. The van der Waals surface area contributed by atoms with Crippen molar-refractivity contribution in [2.45, 2.75) is 19.3 Å². The molecular weight excluding hydrogens is 336 g/mol. The fourth-order valence-electron chi connectivity index (χ4n) is 4.01. The van der Waals surface area contributed by atoms with Gasteiger partial charge in [-0.2, -0.15) is 0 Å². The highest BCUT2D eigenvalue weighted by Crippen LogP contribution is 2.32. The molecule has 3 aromatic carbocycles. The zero-order valence-corrected chi connectivity index (χ0v) is 14.7. The van der Waals surface area contributed by atoms with E-state index in [1.54, 1.807) is 0 Å². The Hall–Kier alpha value is -3.40. The number of rotatable bonds is 2. The number of anilines is 1. The summed E-state index contributed by atoms with van der Waals surface area (Å²) in [5.41, 5.74) is 3.84. The number of carbonyl (C=O) groups excluding carboxylic acids is 2. The number of ketones is 1. The van der Waals surface area contributed by atoms with Gasteiger partial charge >= 0.3 is 0 Å². The van der Waals surface area contributed by atoms with Gasteiger partial charge in [0.25, 0.3) is 5.91 Å². The van der Waals surface area contributed by atoms with Crippen LogP contribution in [0.1, 0.15) is 39.3 Å². The Morgan fingerprint density at radius 1 is 0.926 bits per heavy atom. The Morgan fingerprint density at radius 3 is 2.67 bits per heavy atom. The van der Waals surface area contributed by atoms with E-state index in [1.807, 2.05) is 60.7 Å². The van der Waals surface area contributed by atoms with Crippen LogP contribution in [-0.4, -0.2) is 16.7 Å². The van der Waals surface area contributed by atoms with Gasteiger partial charge in [-0.15, -0.1) is 0 Å². The van der Waals surface area contributed by atoms with E-state index in [1.165, 1.54) is 0 Å². The minimum absolute atomic E-state index is 0.153. The number of nitrogens with one attached hydrogen (secondary N) is 2. The van der Waals surface area contributed by atoms with Gasteiger partial charge in [-0.05, 0) is 47.4 Å². The lowest BCUT2D eigenvalue weighted by molar-refractivity contribution is 0.0982. The van der Waals surface area contributed by atoms with Crippen LogP contribution in [0.15, 0.2) is 60.7 Å². The number of H-pyrrole nitrogens is 1. The van der Waals surface area contributed by atoms with E-state index >= 15 is 0 Å². The van der Waals surface area contributed by atoms with E-state index in [9.17, 15) is 9.59 Å². The molecule has 0 atom stereocenters. The molecule has 0 fully saturated rings. The van der Waals surface area contributed by atoms with Crippen molar-refractivity contribution in [3.63, 3.8) is 0 Å². The molecule has 132 valence electrons. The van der Waals surface area contributed by atoms with Gasteiger partial charge in [0.2, 0.25) is 0 Å². The number of hydrogen-bond acceptors (Lipinski definition) is 2. The zero-order valence-electron chi connectivity index (χ0n) is 14.7. The molecule has 1 aliphatic rings. The van der Waals surface area contributed by atoms with Crippen LogP contribution in [-0.2, 0) is 6.42 Å². The van der Waals surface area contributed by atoms with Crippen LogP contribution in [0.5, 0.6) is 0 Å². The summed E-state index contributed by atoms with van der Waals surface area (Å²) in [6.07, 6.45) is 2.01. The second-order valence-electron chi connectivity index (χ2n) is 7.00. The summed E-state index contributed by atoms with van der Waals surface area (Å²) in [6.45, 7) is 0. The van der Waals surface area contributed by atoms with Crippen LogP contribution in [0.2, 0.25) is 0 Å². The first-order chi connectivity index (χ1) is 13.2. The predicted octanol–water partition coefficient (Wildman–Crippen LogP) is 5.09. The molecular formula is C23H18N2O2. The Kier molecular flexibility index (Phi) is 3.57. The van der Waals surface area contributed by atoms with Crippen molar-refractivity contribution in [3.05, 3.63) is 77.5 Å². The Balaban J connectivity index is 1.56. The molecule has 0 saturated heterocycles. The molecule has 5 rings (SSSR count). The van der Waals surface area contributed by atoms with E-state index in [2.05, 4.69) is 10.3 Å².